The van der Waals surface area contributed by atoms with Crippen LogP contribution in [0, 0.1) is 0 Å². The van der Waals surface area contributed by atoms with Crippen LogP contribution < -0.4 is 5.73 Å². The highest BCUT2D eigenvalue weighted by molar-refractivity contribution is 7.54. The van der Waals surface area contributed by atoms with Gasteiger partial charge in [0.05, 0.1) is 6.54 Å². The van der Waals surface area contributed by atoms with E-state index < -0.39 is 31.3 Å². The molecule has 5 N–H and O–H groups in total. The summed E-state index contributed by atoms with van der Waals surface area (Å²) in [5, 5.41) is 6.16. The molecule has 0 bridgehead atoms. The van der Waals surface area contributed by atoms with E-state index in [1.165, 1.54) is 0 Å². The SMILES string of the molecule is CN(C(=O)CN)C(C)(C(=O)O)P(=O)(O)O. The summed E-state index contributed by atoms with van der Waals surface area (Å²) in [5.74, 6) is -2.66. The van der Waals surface area contributed by atoms with Crippen molar-refractivity contribution in [3.63, 3.8) is 0 Å². The Morgan fingerprint density at radius 1 is 1.47 bits per heavy atom. The number of aliphatic carboxylic acids is 1. The van der Waals surface area contributed by atoms with E-state index in [1.807, 2.05) is 0 Å². The Morgan fingerprint density at radius 3 is 2.07 bits per heavy atom. The number of hydrogen-bond acceptors (Lipinski definition) is 4. The molecule has 1 atom stereocenters. The normalized spacial score (nSPS) is 15.5. The lowest BCUT2D eigenvalue weighted by Gasteiger charge is -2.34. The van der Waals surface area contributed by atoms with Crippen LogP contribution in [0.25, 0.3) is 0 Å². The van der Waals surface area contributed by atoms with Crippen LogP contribution in [0.3, 0.4) is 0 Å². The Bertz CT molecular complexity index is 326. The van der Waals surface area contributed by atoms with E-state index in [1.54, 1.807) is 0 Å². The van der Waals surface area contributed by atoms with Gasteiger partial charge in [0.2, 0.25) is 11.2 Å². The van der Waals surface area contributed by atoms with Crippen LogP contribution in [0.15, 0.2) is 0 Å². The third kappa shape index (κ3) is 2.35. The minimum atomic E-state index is -5.02. The van der Waals surface area contributed by atoms with Gasteiger partial charge in [-0.05, 0) is 6.92 Å². The van der Waals surface area contributed by atoms with Gasteiger partial charge in [0.15, 0.2) is 0 Å². The summed E-state index contributed by atoms with van der Waals surface area (Å²) in [6.07, 6.45) is 0. The predicted octanol–water partition coefficient (Wildman–Crippen LogP) is -1.62. The van der Waals surface area contributed by atoms with Gasteiger partial charge in [-0.2, -0.15) is 0 Å². The average Bonchev–Trinajstić information content (AvgIpc) is 2.11. The first-order valence-corrected chi connectivity index (χ1v) is 5.46. The van der Waals surface area contributed by atoms with Crippen molar-refractivity contribution in [3.05, 3.63) is 0 Å². The Labute approximate surface area is 85.8 Å². The number of carboxylic acids is 1. The second-order valence-corrected chi connectivity index (χ2v) is 4.99. The van der Waals surface area contributed by atoms with Crippen molar-refractivity contribution < 1.29 is 29.0 Å². The molecule has 0 aliphatic carbocycles. The lowest BCUT2D eigenvalue weighted by Crippen LogP contribution is -2.54. The maximum atomic E-state index is 11.1. The van der Waals surface area contributed by atoms with Crippen LogP contribution in [0.2, 0.25) is 0 Å². The van der Waals surface area contributed by atoms with Gasteiger partial charge in [0, 0.05) is 7.05 Å². The van der Waals surface area contributed by atoms with Gasteiger partial charge in [-0.25, -0.2) is 4.79 Å². The Balaban J connectivity index is 5.42. The summed E-state index contributed by atoms with van der Waals surface area (Å²) < 4.78 is 11.0. The van der Waals surface area contributed by atoms with E-state index in [4.69, 9.17) is 20.6 Å². The first-order chi connectivity index (χ1) is 6.59. The van der Waals surface area contributed by atoms with Gasteiger partial charge in [0.25, 0.3) is 0 Å². The molecule has 0 aromatic rings. The molecule has 0 rings (SSSR count). The number of nitrogens with two attached hydrogens (primary N) is 1. The Morgan fingerprint density at radius 2 is 1.87 bits per heavy atom. The minimum absolute atomic E-state index is 0.441. The van der Waals surface area contributed by atoms with E-state index in [0.29, 0.717) is 4.90 Å². The summed E-state index contributed by atoms with van der Waals surface area (Å²) in [4.78, 5) is 40.2. The molecule has 0 fully saturated rings. The molecule has 0 radical (unpaired) electrons. The van der Waals surface area contributed by atoms with Crippen molar-refractivity contribution in [2.24, 2.45) is 5.73 Å². The number of likely N-dealkylation sites (N-methyl/N-ethyl adjacent to an activating group) is 1. The standard InChI is InChI=1S/C6H13N2O6P/c1-6(5(10)11,15(12,13)14)8(2)4(9)3-7/h3,7H2,1-2H3,(H,10,11)(H2,12,13,14). The van der Waals surface area contributed by atoms with Gasteiger partial charge in [-0.15, -0.1) is 0 Å². The van der Waals surface area contributed by atoms with Crippen LogP contribution in [-0.2, 0) is 14.2 Å². The van der Waals surface area contributed by atoms with E-state index in [2.05, 4.69) is 0 Å². The lowest BCUT2D eigenvalue weighted by atomic mass is 10.3. The van der Waals surface area contributed by atoms with E-state index >= 15 is 0 Å². The molecule has 15 heavy (non-hydrogen) atoms. The molecule has 0 spiro atoms. The minimum Gasteiger partial charge on any atom is -0.479 e. The molecular formula is C6H13N2O6P. The summed E-state index contributed by atoms with van der Waals surface area (Å²) in [6, 6.07) is 0. The van der Waals surface area contributed by atoms with Crippen molar-refractivity contribution in [2.45, 2.75) is 12.2 Å². The molecule has 0 aromatic heterocycles. The first-order valence-electron chi connectivity index (χ1n) is 3.84. The highest BCUT2D eigenvalue weighted by atomic mass is 31.2. The molecule has 0 aliphatic rings. The zero-order valence-corrected chi connectivity index (χ0v) is 9.14. The zero-order chi connectivity index (χ0) is 12.4. The van der Waals surface area contributed by atoms with Crippen LogP contribution in [0.5, 0.6) is 0 Å². The number of hydrogen-bond donors (Lipinski definition) is 4. The number of carbonyl (C=O) groups excluding carboxylic acids is 1. The van der Waals surface area contributed by atoms with Crippen LogP contribution >= 0.6 is 7.60 Å². The van der Waals surface area contributed by atoms with Crippen LogP contribution in [0.4, 0.5) is 0 Å². The Hall–Kier alpha value is -0.950. The molecule has 88 valence electrons. The van der Waals surface area contributed by atoms with Crippen molar-refractivity contribution in [3.8, 4) is 0 Å². The first kappa shape index (κ1) is 14.1. The second kappa shape index (κ2) is 4.28. The van der Waals surface area contributed by atoms with Gasteiger partial charge in [-0.1, -0.05) is 0 Å². The largest absolute Gasteiger partial charge is 0.479 e. The van der Waals surface area contributed by atoms with Gasteiger partial charge in [-0.3, -0.25) is 9.36 Å². The highest BCUT2D eigenvalue weighted by Gasteiger charge is 2.54. The van der Waals surface area contributed by atoms with Crippen LogP contribution in [-0.4, -0.2) is 50.5 Å². The predicted molar refractivity (Wildman–Crippen MR) is 49.9 cm³/mol. The smallest absolute Gasteiger partial charge is 0.362 e. The fourth-order valence-corrected chi connectivity index (χ4v) is 1.59. The van der Waals surface area contributed by atoms with Gasteiger partial charge >= 0.3 is 13.6 Å². The molecule has 1 amide bonds. The molecule has 9 heteroatoms. The summed E-state index contributed by atoms with van der Waals surface area (Å²) >= 11 is 0. The molecule has 0 aromatic carbocycles. The van der Waals surface area contributed by atoms with Crippen molar-refractivity contribution in [2.75, 3.05) is 13.6 Å². The third-order valence-electron chi connectivity index (χ3n) is 2.17. The van der Waals surface area contributed by atoms with Crippen LogP contribution in [0.1, 0.15) is 6.92 Å². The summed E-state index contributed by atoms with van der Waals surface area (Å²) in [5.41, 5.74) is 4.98. The van der Waals surface area contributed by atoms with Gasteiger partial charge < -0.3 is 25.5 Å². The van der Waals surface area contributed by atoms with E-state index in [-0.39, 0.29) is 0 Å². The molecule has 0 aliphatic heterocycles. The van der Waals surface area contributed by atoms with E-state index in [9.17, 15) is 14.2 Å². The molecule has 0 heterocycles. The van der Waals surface area contributed by atoms with E-state index in [0.717, 1.165) is 14.0 Å². The number of carboxylic acid groups (broad SMARTS) is 1. The Kier molecular flexibility index (Phi) is 4.01. The fourth-order valence-electron chi connectivity index (χ4n) is 0.843. The monoisotopic (exact) mass is 240 g/mol. The number of carbonyl (C=O) groups is 2. The molecular weight excluding hydrogens is 227 g/mol. The van der Waals surface area contributed by atoms with Crippen molar-refractivity contribution in [1.29, 1.82) is 0 Å². The van der Waals surface area contributed by atoms with Gasteiger partial charge in [0.1, 0.15) is 0 Å². The molecule has 8 nitrogen and oxygen atoms in total. The number of amides is 1. The fraction of sp³-hybridized carbons (Fsp3) is 0.667. The third-order valence-corrected chi connectivity index (χ3v) is 3.80. The van der Waals surface area contributed by atoms with Crippen molar-refractivity contribution in [1.82, 2.24) is 4.90 Å². The maximum absolute atomic E-state index is 11.1. The average molecular weight is 240 g/mol. The quantitative estimate of drug-likeness (QED) is 0.433. The molecule has 0 saturated carbocycles. The highest BCUT2D eigenvalue weighted by Crippen LogP contribution is 2.51. The summed E-state index contributed by atoms with van der Waals surface area (Å²) in [7, 11) is -4.04. The lowest BCUT2D eigenvalue weighted by molar-refractivity contribution is -0.151. The zero-order valence-electron chi connectivity index (χ0n) is 8.25. The molecule has 0 saturated heterocycles. The number of nitrogens with zero attached hydrogens (tertiary/aromatic N) is 1. The topological polar surface area (TPSA) is 141 Å². The summed E-state index contributed by atoms with van der Waals surface area (Å²) in [6.45, 7) is 0.239. The second-order valence-electron chi connectivity index (χ2n) is 3.03. The van der Waals surface area contributed by atoms with Crippen molar-refractivity contribution >= 4 is 19.5 Å². The molecule has 1 unspecified atom stereocenters. The maximum Gasteiger partial charge on any atom is 0.362 e. The number of rotatable bonds is 4.